The van der Waals surface area contributed by atoms with Crippen molar-refractivity contribution in [3.63, 3.8) is 0 Å². The molecule has 0 aromatic carbocycles. The summed E-state index contributed by atoms with van der Waals surface area (Å²) in [6, 6.07) is -0.0349. The second kappa shape index (κ2) is 11.3. The number of fused-ring (bicyclic) bond motifs is 5. The van der Waals surface area contributed by atoms with Crippen molar-refractivity contribution in [2.24, 2.45) is 45.8 Å². The number of carbonyl (C=O) groups excluding carboxylic acids is 1. The summed E-state index contributed by atoms with van der Waals surface area (Å²) in [6.07, 6.45) is 4.53. The Kier molecular flexibility index (Phi) is 7.97. The molecule has 0 aromatic rings. The number of hydrogen-bond donors (Lipinski definition) is 5. The molecule has 6 aliphatic carbocycles. The molecule has 9 heteroatoms. The summed E-state index contributed by atoms with van der Waals surface area (Å²) < 4.78 is 17.9. The van der Waals surface area contributed by atoms with Gasteiger partial charge in [-0.15, -0.1) is 5.92 Å². The van der Waals surface area contributed by atoms with E-state index in [0.717, 1.165) is 49.7 Å². The molecule has 0 amide bonds. The molecule has 5 fully saturated rings. The minimum atomic E-state index is -1.73. The summed E-state index contributed by atoms with van der Waals surface area (Å²) in [5.41, 5.74) is -3.63. The van der Waals surface area contributed by atoms with Gasteiger partial charge in [0.15, 0.2) is 5.78 Å². The molecule has 3 bridgehead atoms. The fourth-order valence-corrected chi connectivity index (χ4v) is 13.2. The second-order valence-electron chi connectivity index (χ2n) is 17.7. The lowest BCUT2D eigenvalue weighted by Crippen LogP contribution is -2.69. The number of hydrogen-bond acceptors (Lipinski definition) is 9. The van der Waals surface area contributed by atoms with Crippen LogP contribution in [0.3, 0.4) is 0 Å². The number of ketones is 1. The van der Waals surface area contributed by atoms with E-state index in [1.165, 1.54) is 0 Å². The van der Waals surface area contributed by atoms with Crippen molar-refractivity contribution >= 4 is 5.78 Å². The number of nitrogens with one attached hydrogen (secondary N) is 1. The lowest BCUT2D eigenvalue weighted by molar-refractivity contribution is -0.225. The molecule has 0 unspecified atom stereocenters. The maximum atomic E-state index is 14.6. The Bertz CT molecular complexity index is 1430. The number of allylic oxidation sites excluding steroid dienone is 1. The van der Waals surface area contributed by atoms with Crippen LogP contribution in [0.5, 0.6) is 0 Å². The van der Waals surface area contributed by atoms with Gasteiger partial charge >= 0.3 is 0 Å². The lowest BCUT2D eigenvalue weighted by atomic mass is 9.41. The Labute approximate surface area is 285 Å². The van der Waals surface area contributed by atoms with Crippen LogP contribution in [0.25, 0.3) is 0 Å². The maximum absolute atomic E-state index is 14.6. The van der Waals surface area contributed by atoms with Gasteiger partial charge in [-0.2, -0.15) is 0 Å². The molecule has 5 N–H and O–H groups in total. The fourth-order valence-electron chi connectivity index (χ4n) is 13.2. The molecule has 2 aliphatic heterocycles. The molecule has 1 spiro atoms. The van der Waals surface area contributed by atoms with Crippen LogP contribution in [-0.2, 0) is 19.0 Å². The molecule has 16 atom stereocenters. The quantitative estimate of drug-likeness (QED) is 0.221. The van der Waals surface area contributed by atoms with Crippen molar-refractivity contribution in [3.05, 3.63) is 11.1 Å². The van der Waals surface area contributed by atoms with E-state index in [2.05, 4.69) is 37.9 Å². The maximum Gasteiger partial charge on any atom is 0.162 e. The molecule has 3 saturated carbocycles. The van der Waals surface area contributed by atoms with E-state index < -0.39 is 46.6 Å². The molecule has 0 aromatic heterocycles. The van der Waals surface area contributed by atoms with Gasteiger partial charge in [-0.25, -0.2) is 0 Å². The van der Waals surface area contributed by atoms with Crippen LogP contribution in [0, 0.1) is 57.7 Å². The van der Waals surface area contributed by atoms with Gasteiger partial charge in [0.1, 0.15) is 24.0 Å². The van der Waals surface area contributed by atoms with Crippen molar-refractivity contribution in [2.75, 3.05) is 20.3 Å². The summed E-state index contributed by atoms with van der Waals surface area (Å²) in [7, 11) is 1.70. The summed E-state index contributed by atoms with van der Waals surface area (Å²) in [5.74, 6) is 6.97. The highest BCUT2D eigenvalue weighted by Crippen LogP contribution is 2.77. The minimum absolute atomic E-state index is 0.0349. The third-order valence-corrected chi connectivity index (χ3v) is 15.8. The molecule has 9 nitrogen and oxygen atoms in total. The molecule has 8 aliphatic rings. The van der Waals surface area contributed by atoms with Crippen LogP contribution in [0.15, 0.2) is 11.1 Å². The summed E-state index contributed by atoms with van der Waals surface area (Å²) >= 11 is 0. The standard InChI is InChI=1S/C39H57NO8/c1-21-26-18-23-8-6-13-38(37(4,44)33(42)31(21)48-32(26)34(43)40-23)20-22-9-10-25-29-27(12-15-36(38,3)39(22,29)45)35(2)14-11-24(19-28(35)30(25)41)47-17-7-16-46-5/h21-24,26-28,31-34,40,42-45H,7-12,14-20H2,1-5H3/t21-,22-,23-,24+,26-,27+,28+,31+,32+,33-,34-,35-,36-,37-,38+,39-/m1/s1. The van der Waals surface area contributed by atoms with Gasteiger partial charge in [-0.3, -0.25) is 10.1 Å². The molecule has 266 valence electrons. The zero-order chi connectivity index (χ0) is 34.0. The normalized spacial score (nSPS) is 55.2. The highest BCUT2D eigenvalue weighted by atomic mass is 16.5. The summed E-state index contributed by atoms with van der Waals surface area (Å²) in [6.45, 7) is 9.44. The fraction of sp³-hybridized carbons (Fsp3) is 0.872. The van der Waals surface area contributed by atoms with E-state index in [0.29, 0.717) is 45.3 Å². The molecular formula is C39H57NO8. The predicted molar refractivity (Wildman–Crippen MR) is 177 cm³/mol. The number of rotatable bonds is 5. The van der Waals surface area contributed by atoms with Crippen LogP contribution in [-0.4, -0.2) is 94.4 Å². The Balaban J connectivity index is 1.20. The number of Topliss-reactive ketones (excluding diaryl/α,β-unsaturated/α-hetero) is 1. The van der Waals surface area contributed by atoms with Crippen molar-refractivity contribution in [2.45, 2.75) is 146 Å². The Morgan fingerprint density at radius 3 is 2.58 bits per heavy atom. The van der Waals surface area contributed by atoms with E-state index >= 15 is 0 Å². The van der Waals surface area contributed by atoms with Crippen molar-refractivity contribution in [1.82, 2.24) is 5.32 Å². The first-order valence-electron chi connectivity index (χ1n) is 18.9. The van der Waals surface area contributed by atoms with E-state index in [1.54, 1.807) is 14.0 Å². The SMILES string of the molecule is COCCCO[C@H]1CC[C@@]2(C)[C@@H](C1)C(=O)C1=C3[C@@H]2CC[C@]2(C)[C@]4(C#CC[C@@H]5C[C@@H]6[C@@H](C)[C@H](O[C@@H]6[C@@H](O)N5)[C@@H](O)[C@@]4(C)O)C[C@@H](CC1)[C@@]32O. The third-order valence-electron chi connectivity index (χ3n) is 15.8. The molecule has 48 heavy (non-hydrogen) atoms. The van der Waals surface area contributed by atoms with E-state index in [-0.39, 0.29) is 52.9 Å². The van der Waals surface area contributed by atoms with Gasteiger partial charge in [-0.1, -0.05) is 26.7 Å². The Hall–Kier alpha value is -1.35. The highest BCUT2D eigenvalue weighted by molar-refractivity contribution is 6.00. The average molecular weight is 668 g/mol. The number of aliphatic hydroxyl groups excluding tert-OH is 2. The second-order valence-corrected chi connectivity index (χ2v) is 17.7. The van der Waals surface area contributed by atoms with E-state index in [4.69, 9.17) is 14.2 Å². The van der Waals surface area contributed by atoms with Gasteiger partial charge in [0.05, 0.1) is 23.2 Å². The first-order valence-corrected chi connectivity index (χ1v) is 18.9. The van der Waals surface area contributed by atoms with Crippen molar-refractivity contribution in [1.29, 1.82) is 0 Å². The molecule has 2 heterocycles. The Morgan fingerprint density at radius 2 is 1.81 bits per heavy atom. The minimum Gasteiger partial charge on any atom is -0.387 e. The van der Waals surface area contributed by atoms with Gasteiger partial charge in [0, 0.05) is 44.1 Å². The number of carbonyl (C=O) groups is 1. The largest absolute Gasteiger partial charge is 0.387 e. The highest BCUT2D eigenvalue weighted by Gasteiger charge is 2.80. The van der Waals surface area contributed by atoms with E-state index in [1.807, 2.05) is 0 Å². The van der Waals surface area contributed by atoms with Crippen LogP contribution >= 0.6 is 0 Å². The number of methoxy groups -OCH3 is 1. The first kappa shape index (κ1) is 33.8. The van der Waals surface area contributed by atoms with Gasteiger partial charge in [0.2, 0.25) is 0 Å². The van der Waals surface area contributed by atoms with Crippen LogP contribution < -0.4 is 5.32 Å². The molecule has 8 rings (SSSR count). The molecular weight excluding hydrogens is 610 g/mol. The van der Waals surface area contributed by atoms with Crippen LogP contribution in [0.2, 0.25) is 0 Å². The van der Waals surface area contributed by atoms with Gasteiger partial charge in [-0.05, 0) is 111 Å². The summed E-state index contributed by atoms with van der Waals surface area (Å²) in [5, 5.41) is 52.9. The van der Waals surface area contributed by atoms with Crippen LogP contribution in [0.1, 0.15) is 98.3 Å². The number of ether oxygens (including phenoxy) is 3. The topological polar surface area (TPSA) is 138 Å². The smallest absolute Gasteiger partial charge is 0.162 e. The summed E-state index contributed by atoms with van der Waals surface area (Å²) in [4.78, 5) is 14.6. The van der Waals surface area contributed by atoms with E-state index in [9.17, 15) is 25.2 Å². The zero-order valence-electron chi connectivity index (χ0n) is 29.5. The average Bonchev–Trinajstić information content (AvgIpc) is 3.48. The molecule has 0 radical (unpaired) electrons. The van der Waals surface area contributed by atoms with Gasteiger partial charge < -0.3 is 34.6 Å². The number of piperidine rings is 1. The lowest BCUT2D eigenvalue weighted by Gasteiger charge is -2.64. The van der Waals surface area contributed by atoms with Crippen molar-refractivity contribution < 1.29 is 39.4 Å². The zero-order valence-corrected chi connectivity index (χ0v) is 29.5. The first-order chi connectivity index (χ1) is 22.7. The van der Waals surface area contributed by atoms with Crippen molar-refractivity contribution in [3.8, 4) is 11.8 Å². The number of aliphatic hydroxyl groups is 4. The van der Waals surface area contributed by atoms with Crippen LogP contribution in [0.4, 0.5) is 0 Å². The Morgan fingerprint density at radius 1 is 1.02 bits per heavy atom. The molecule has 2 saturated heterocycles. The predicted octanol–water partition coefficient (Wildman–Crippen LogP) is 3.26. The van der Waals surface area contributed by atoms with Gasteiger partial charge in [0.25, 0.3) is 0 Å². The monoisotopic (exact) mass is 667 g/mol. The third kappa shape index (κ3) is 4.18.